The number of amides is 1. The number of carbonyl (C=O) groups is 2. The number of nitro benzene ring substituents is 1. The highest BCUT2D eigenvalue weighted by Crippen LogP contribution is 2.43. The summed E-state index contributed by atoms with van der Waals surface area (Å²) >= 11 is 0. The minimum absolute atomic E-state index is 0.0599. The summed E-state index contributed by atoms with van der Waals surface area (Å²) in [5.41, 5.74) is 4.09. The van der Waals surface area contributed by atoms with Gasteiger partial charge in [0.05, 0.1) is 16.5 Å². The average molecular weight is 500 g/mol. The number of hydrogen-bond acceptors (Lipinski definition) is 6. The topological polar surface area (TPSA) is 104 Å². The molecule has 1 atom stereocenters. The Hall–Kier alpha value is -4.46. The summed E-state index contributed by atoms with van der Waals surface area (Å²) < 4.78 is 0. The van der Waals surface area contributed by atoms with Crippen LogP contribution in [0.3, 0.4) is 0 Å². The van der Waals surface area contributed by atoms with Gasteiger partial charge in [0, 0.05) is 42.2 Å². The molecule has 1 aliphatic heterocycles. The zero-order valence-corrected chi connectivity index (χ0v) is 21.3. The van der Waals surface area contributed by atoms with Crippen LogP contribution in [0.15, 0.2) is 72.3 Å². The van der Waals surface area contributed by atoms with Crippen molar-refractivity contribution in [1.29, 1.82) is 0 Å². The van der Waals surface area contributed by atoms with E-state index in [0.717, 1.165) is 29.9 Å². The molecule has 3 aromatic carbocycles. The fourth-order valence-corrected chi connectivity index (χ4v) is 4.75. The first-order chi connectivity index (χ1) is 17.7. The van der Waals surface area contributed by atoms with Crippen molar-refractivity contribution in [2.24, 2.45) is 0 Å². The summed E-state index contributed by atoms with van der Waals surface area (Å²) in [6.07, 6.45) is 0. The number of aliphatic hydroxyl groups excluding tert-OH is 1. The number of aryl methyl sites for hydroxylation is 1. The third kappa shape index (κ3) is 4.58. The molecule has 1 aliphatic rings. The monoisotopic (exact) mass is 499 g/mol. The van der Waals surface area contributed by atoms with Crippen LogP contribution in [0.1, 0.15) is 42.1 Å². The highest BCUT2D eigenvalue weighted by atomic mass is 16.6. The average Bonchev–Trinajstić information content (AvgIpc) is 3.16. The minimum Gasteiger partial charge on any atom is -0.507 e. The molecule has 1 heterocycles. The fraction of sp³-hybridized carbons (Fsp3) is 0.241. The molecule has 1 saturated heterocycles. The van der Waals surface area contributed by atoms with Crippen molar-refractivity contribution >= 4 is 34.5 Å². The van der Waals surface area contributed by atoms with Crippen LogP contribution in [0.25, 0.3) is 5.76 Å². The Morgan fingerprint density at radius 1 is 0.973 bits per heavy atom. The van der Waals surface area contributed by atoms with E-state index in [4.69, 9.17) is 0 Å². The first kappa shape index (κ1) is 25.6. The maximum absolute atomic E-state index is 13.4. The number of rotatable bonds is 7. The summed E-state index contributed by atoms with van der Waals surface area (Å²) in [7, 11) is 0. The van der Waals surface area contributed by atoms with E-state index < -0.39 is 22.7 Å². The van der Waals surface area contributed by atoms with Crippen LogP contribution in [0.5, 0.6) is 0 Å². The SMILES string of the molecule is CCN(CC)c1ccc(C2/C(=C(\O)c3ccc([N+](=O)[O-])cc3)C(=O)C(=O)N2c2cccc(C)c2C)cc1. The third-order valence-corrected chi connectivity index (χ3v) is 6.97. The van der Waals surface area contributed by atoms with E-state index >= 15 is 0 Å². The van der Waals surface area contributed by atoms with Gasteiger partial charge in [-0.25, -0.2) is 0 Å². The molecule has 0 radical (unpaired) electrons. The van der Waals surface area contributed by atoms with Crippen LogP contribution in [-0.2, 0) is 9.59 Å². The fourth-order valence-electron chi connectivity index (χ4n) is 4.75. The highest BCUT2D eigenvalue weighted by Gasteiger charge is 2.47. The Balaban J connectivity index is 1.92. The Morgan fingerprint density at radius 2 is 1.59 bits per heavy atom. The van der Waals surface area contributed by atoms with E-state index in [-0.39, 0.29) is 22.6 Å². The Morgan fingerprint density at radius 3 is 2.16 bits per heavy atom. The van der Waals surface area contributed by atoms with Gasteiger partial charge in [0.2, 0.25) is 0 Å². The number of benzene rings is 3. The second kappa shape index (κ2) is 10.3. The lowest BCUT2D eigenvalue weighted by Crippen LogP contribution is -2.30. The largest absolute Gasteiger partial charge is 0.507 e. The van der Waals surface area contributed by atoms with Gasteiger partial charge in [-0.1, -0.05) is 24.3 Å². The summed E-state index contributed by atoms with van der Waals surface area (Å²) in [5, 5.41) is 22.3. The van der Waals surface area contributed by atoms with Crippen molar-refractivity contribution in [3.63, 3.8) is 0 Å². The zero-order chi connectivity index (χ0) is 26.9. The number of carbonyl (C=O) groups excluding carboxylic acids is 2. The van der Waals surface area contributed by atoms with Crippen LogP contribution in [0, 0.1) is 24.0 Å². The number of nitro groups is 1. The minimum atomic E-state index is -0.874. The predicted molar refractivity (Wildman–Crippen MR) is 144 cm³/mol. The molecule has 0 spiro atoms. The number of non-ortho nitro benzene ring substituents is 1. The second-order valence-electron chi connectivity index (χ2n) is 8.96. The van der Waals surface area contributed by atoms with Gasteiger partial charge in [-0.15, -0.1) is 0 Å². The van der Waals surface area contributed by atoms with Crippen molar-refractivity contribution in [1.82, 2.24) is 0 Å². The summed E-state index contributed by atoms with van der Waals surface area (Å²) in [6.45, 7) is 9.61. The lowest BCUT2D eigenvalue weighted by molar-refractivity contribution is -0.384. The highest BCUT2D eigenvalue weighted by molar-refractivity contribution is 6.51. The molecule has 1 unspecified atom stereocenters. The number of nitrogens with zero attached hydrogens (tertiary/aromatic N) is 3. The lowest BCUT2D eigenvalue weighted by Gasteiger charge is -2.28. The molecule has 4 rings (SSSR count). The van der Waals surface area contributed by atoms with Crippen molar-refractivity contribution < 1.29 is 19.6 Å². The zero-order valence-electron chi connectivity index (χ0n) is 21.3. The van der Waals surface area contributed by atoms with Crippen molar-refractivity contribution in [2.45, 2.75) is 33.7 Å². The lowest BCUT2D eigenvalue weighted by atomic mass is 9.94. The molecule has 1 N–H and O–H groups in total. The molecule has 8 nitrogen and oxygen atoms in total. The molecule has 3 aromatic rings. The maximum atomic E-state index is 13.4. The first-order valence-corrected chi connectivity index (χ1v) is 12.2. The number of ketones is 1. The number of aliphatic hydroxyl groups is 1. The molecule has 8 heteroatoms. The molecule has 37 heavy (non-hydrogen) atoms. The first-order valence-electron chi connectivity index (χ1n) is 12.2. The van der Waals surface area contributed by atoms with Crippen molar-refractivity contribution in [2.75, 3.05) is 22.9 Å². The quantitative estimate of drug-likeness (QED) is 0.147. The normalized spacial score (nSPS) is 16.8. The van der Waals surface area contributed by atoms with Gasteiger partial charge >= 0.3 is 0 Å². The summed E-state index contributed by atoms with van der Waals surface area (Å²) in [5.74, 6) is -1.93. The van der Waals surface area contributed by atoms with Crippen molar-refractivity contribution in [3.05, 3.63) is 105 Å². The third-order valence-electron chi connectivity index (χ3n) is 6.97. The van der Waals surface area contributed by atoms with Crippen LogP contribution in [0.4, 0.5) is 17.1 Å². The van der Waals surface area contributed by atoms with Crippen LogP contribution >= 0.6 is 0 Å². The Kier molecular flexibility index (Phi) is 7.11. The number of hydrogen-bond donors (Lipinski definition) is 1. The van der Waals surface area contributed by atoms with Gasteiger partial charge in [-0.3, -0.25) is 24.6 Å². The number of Topliss-reactive ketones (excluding diaryl/α,β-unsaturated/α-hetero) is 1. The molecule has 1 amide bonds. The van der Waals surface area contributed by atoms with Crippen LogP contribution in [-0.4, -0.2) is 34.8 Å². The van der Waals surface area contributed by atoms with E-state index in [2.05, 4.69) is 18.7 Å². The van der Waals surface area contributed by atoms with Gasteiger partial charge in [0.25, 0.3) is 17.4 Å². The maximum Gasteiger partial charge on any atom is 0.300 e. The smallest absolute Gasteiger partial charge is 0.300 e. The van der Waals surface area contributed by atoms with Crippen molar-refractivity contribution in [3.8, 4) is 0 Å². The molecule has 1 fully saturated rings. The Bertz CT molecular complexity index is 1390. The van der Waals surface area contributed by atoms with E-state index in [9.17, 15) is 24.8 Å². The second-order valence-corrected chi connectivity index (χ2v) is 8.96. The molecular formula is C29H29N3O5. The molecule has 0 saturated carbocycles. The van der Waals surface area contributed by atoms with Gasteiger partial charge in [-0.05, 0) is 74.7 Å². The molecule has 0 aliphatic carbocycles. The molecule has 190 valence electrons. The van der Waals surface area contributed by atoms with Gasteiger partial charge in [-0.2, -0.15) is 0 Å². The van der Waals surface area contributed by atoms with Crippen LogP contribution in [0.2, 0.25) is 0 Å². The van der Waals surface area contributed by atoms with E-state index in [1.165, 1.54) is 29.2 Å². The van der Waals surface area contributed by atoms with Gasteiger partial charge in [0.15, 0.2) is 0 Å². The van der Waals surface area contributed by atoms with E-state index in [1.54, 1.807) is 6.07 Å². The summed E-state index contributed by atoms with van der Waals surface area (Å²) in [4.78, 5) is 41.0. The molecular weight excluding hydrogens is 470 g/mol. The van der Waals surface area contributed by atoms with Gasteiger partial charge < -0.3 is 10.0 Å². The Labute approximate surface area is 215 Å². The predicted octanol–water partition coefficient (Wildman–Crippen LogP) is 5.68. The van der Waals surface area contributed by atoms with Crippen LogP contribution < -0.4 is 9.80 Å². The standard InChI is InChI=1S/C29H29N3O5/c1-5-30(6-2)22-14-10-20(11-15-22)26-25(27(33)21-12-16-23(17-13-21)32(36)37)28(34)29(35)31(26)24-9-7-8-18(3)19(24)4/h7-17,26,33H,5-6H2,1-4H3/b27-25+. The summed E-state index contributed by atoms with van der Waals surface area (Å²) in [6, 6.07) is 17.5. The van der Waals surface area contributed by atoms with E-state index in [1.807, 2.05) is 50.2 Å². The number of anilines is 2. The van der Waals surface area contributed by atoms with Gasteiger partial charge in [0.1, 0.15) is 5.76 Å². The molecule has 0 bridgehead atoms. The molecule has 0 aromatic heterocycles. The van der Waals surface area contributed by atoms with E-state index in [0.29, 0.717) is 11.3 Å².